The maximum Gasteiger partial charge on any atom is 0.124 e. The van der Waals surface area contributed by atoms with E-state index in [1.54, 1.807) is 6.20 Å². The van der Waals surface area contributed by atoms with E-state index in [9.17, 15) is 0 Å². The van der Waals surface area contributed by atoms with Gasteiger partial charge in [0.25, 0.3) is 0 Å². The Morgan fingerprint density at radius 3 is 2.81 bits per heavy atom. The number of ether oxygens (including phenoxy) is 1. The largest absolute Gasteiger partial charge is 0.384 e. The molecule has 0 radical (unpaired) electrons. The summed E-state index contributed by atoms with van der Waals surface area (Å²) in [6.45, 7) is 0.852. The van der Waals surface area contributed by atoms with Crippen LogP contribution in [0.25, 0.3) is 11.3 Å². The van der Waals surface area contributed by atoms with Crippen LogP contribution in [-0.4, -0.2) is 22.7 Å². The van der Waals surface area contributed by atoms with Gasteiger partial charge in [-0.2, -0.15) is 0 Å². The van der Waals surface area contributed by atoms with Crippen molar-refractivity contribution in [1.82, 2.24) is 9.97 Å². The Morgan fingerprint density at radius 2 is 2.05 bits per heavy atom. The number of nitrogen functional groups attached to an aromatic ring is 2. The first-order chi connectivity index (χ1) is 10.2. The quantitative estimate of drug-likeness (QED) is 0.903. The van der Waals surface area contributed by atoms with E-state index >= 15 is 0 Å². The van der Waals surface area contributed by atoms with E-state index in [2.05, 4.69) is 9.97 Å². The van der Waals surface area contributed by atoms with Crippen molar-refractivity contribution in [2.24, 2.45) is 0 Å². The summed E-state index contributed by atoms with van der Waals surface area (Å²) in [4.78, 5) is 8.52. The molecule has 0 aromatic carbocycles. The third kappa shape index (κ3) is 3.31. The summed E-state index contributed by atoms with van der Waals surface area (Å²) in [5.74, 6) is 0.991. The number of pyridine rings is 2. The highest BCUT2D eigenvalue weighted by Gasteiger charge is 2.17. The third-order valence-electron chi connectivity index (χ3n) is 3.78. The van der Waals surface area contributed by atoms with Crippen LogP contribution in [0.2, 0.25) is 0 Å². The highest BCUT2D eigenvalue weighted by atomic mass is 16.5. The summed E-state index contributed by atoms with van der Waals surface area (Å²) in [6.07, 6.45) is 6.29. The van der Waals surface area contributed by atoms with E-state index in [4.69, 9.17) is 16.2 Å². The first-order valence-electron chi connectivity index (χ1n) is 7.31. The van der Waals surface area contributed by atoms with Crippen molar-refractivity contribution in [3.63, 3.8) is 0 Å². The third-order valence-corrected chi connectivity index (χ3v) is 3.78. The molecule has 5 heteroatoms. The van der Waals surface area contributed by atoms with Crippen molar-refractivity contribution < 1.29 is 4.74 Å². The molecule has 5 nitrogen and oxygen atoms in total. The van der Waals surface area contributed by atoms with E-state index in [0.717, 1.165) is 42.7 Å². The monoisotopic (exact) mass is 284 g/mol. The van der Waals surface area contributed by atoms with Crippen LogP contribution in [0.3, 0.4) is 0 Å². The van der Waals surface area contributed by atoms with E-state index in [-0.39, 0.29) is 6.10 Å². The molecule has 0 bridgehead atoms. The highest BCUT2D eigenvalue weighted by molar-refractivity contribution is 5.67. The maximum absolute atomic E-state index is 5.85. The van der Waals surface area contributed by atoms with Crippen molar-refractivity contribution in [3.05, 3.63) is 36.0 Å². The Kier molecular flexibility index (Phi) is 4.01. The SMILES string of the molecule is Nc1cc(-c2nc(N)ccc2C[C@@H]2CCCCO2)ccn1. The van der Waals surface area contributed by atoms with E-state index < -0.39 is 0 Å². The minimum Gasteiger partial charge on any atom is -0.384 e. The first kappa shape index (κ1) is 13.8. The van der Waals surface area contributed by atoms with Gasteiger partial charge in [-0.3, -0.25) is 0 Å². The van der Waals surface area contributed by atoms with Gasteiger partial charge in [0.2, 0.25) is 0 Å². The number of nitrogens with zero attached hydrogens (tertiary/aromatic N) is 2. The molecule has 0 amide bonds. The molecule has 2 aromatic rings. The average Bonchev–Trinajstić information content (AvgIpc) is 2.50. The lowest BCUT2D eigenvalue weighted by atomic mass is 9.97. The van der Waals surface area contributed by atoms with Gasteiger partial charge >= 0.3 is 0 Å². The van der Waals surface area contributed by atoms with Gasteiger partial charge in [-0.1, -0.05) is 6.07 Å². The molecule has 1 fully saturated rings. The van der Waals surface area contributed by atoms with Crippen molar-refractivity contribution >= 4 is 11.6 Å². The van der Waals surface area contributed by atoms with Crippen LogP contribution in [0.1, 0.15) is 24.8 Å². The van der Waals surface area contributed by atoms with E-state index in [1.807, 2.05) is 24.3 Å². The van der Waals surface area contributed by atoms with E-state index in [0.29, 0.717) is 11.6 Å². The summed E-state index contributed by atoms with van der Waals surface area (Å²) < 4.78 is 5.83. The average molecular weight is 284 g/mol. The summed E-state index contributed by atoms with van der Waals surface area (Å²) in [6, 6.07) is 7.61. The van der Waals surface area contributed by atoms with Gasteiger partial charge in [0.1, 0.15) is 11.6 Å². The van der Waals surface area contributed by atoms with Crippen LogP contribution in [0.15, 0.2) is 30.5 Å². The number of anilines is 2. The molecule has 1 saturated heterocycles. The fourth-order valence-corrected chi connectivity index (χ4v) is 2.73. The molecule has 1 atom stereocenters. The lowest BCUT2D eigenvalue weighted by Crippen LogP contribution is -2.21. The van der Waals surface area contributed by atoms with Crippen LogP contribution in [0, 0.1) is 0 Å². The molecule has 3 rings (SSSR count). The van der Waals surface area contributed by atoms with Gasteiger partial charge in [-0.25, -0.2) is 9.97 Å². The summed E-state index contributed by atoms with van der Waals surface area (Å²) in [5.41, 5.74) is 14.6. The number of nitrogens with two attached hydrogens (primary N) is 2. The zero-order chi connectivity index (χ0) is 14.7. The second-order valence-electron chi connectivity index (χ2n) is 5.41. The Labute approximate surface area is 124 Å². The zero-order valence-corrected chi connectivity index (χ0v) is 12.0. The molecule has 0 aliphatic carbocycles. The van der Waals surface area contributed by atoms with Gasteiger partial charge in [0.15, 0.2) is 0 Å². The Bertz CT molecular complexity index is 623. The Balaban J connectivity index is 1.92. The van der Waals surface area contributed by atoms with Crippen molar-refractivity contribution in [1.29, 1.82) is 0 Å². The maximum atomic E-state index is 5.85. The van der Waals surface area contributed by atoms with Crippen LogP contribution in [0.4, 0.5) is 11.6 Å². The molecule has 110 valence electrons. The molecule has 2 aromatic heterocycles. The first-order valence-corrected chi connectivity index (χ1v) is 7.31. The highest BCUT2D eigenvalue weighted by Crippen LogP contribution is 2.27. The smallest absolute Gasteiger partial charge is 0.124 e. The van der Waals surface area contributed by atoms with Gasteiger partial charge in [0.05, 0.1) is 11.8 Å². The molecule has 1 aliphatic heterocycles. The second kappa shape index (κ2) is 6.10. The van der Waals surface area contributed by atoms with Gasteiger partial charge in [-0.05, 0) is 43.0 Å². The van der Waals surface area contributed by atoms with E-state index in [1.165, 1.54) is 6.42 Å². The normalized spacial score (nSPS) is 18.6. The molecule has 4 N–H and O–H groups in total. The van der Waals surface area contributed by atoms with Gasteiger partial charge in [0, 0.05) is 24.8 Å². The Hall–Kier alpha value is -2.14. The van der Waals surface area contributed by atoms with Crippen LogP contribution >= 0.6 is 0 Å². The summed E-state index contributed by atoms with van der Waals surface area (Å²) in [7, 11) is 0. The fraction of sp³-hybridized carbons (Fsp3) is 0.375. The number of hydrogen-bond donors (Lipinski definition) is 2. The van der Waals surface area contributed by atoms with Crippen LogP contribution in [0.5, 0.6) is 0 Å². The lowest BCUT2D eigenvalue weighted by molar-refractivity contribution is 0.0168. The minimum atomic E-state index is 0.266. The molecular weight excluding hydrogens is 264 g/mol. The molecule has 0 spiro atoms. The zero-order valence-electron chi connectivity index (χ0n) is 12.0. The fourth-order valence-electron chi connectivity index (χ4n) is 2.73. The predicted octanol–water partition coefficient (Wildman–Crippen LogP) is 2.42. The van der Waals surface area contributed by atoms with Crippen molar-refractivity contribution in [2.75, 3.05) is 18.1 Å². The van der Waals surface area contributed by atoms with Gasteiger partial charge in [-0.15, -0.1) is 0 Å². The minimum absolute atomic E-state index is 0.266. The standard InChI is InChI=1S/C16H20N4O/c17-14-5-4-11(9-13-3-1-2-8-21-13)16(20-14)12-6-7-19-15(18)10-12/h4-7,10,13H,1-3,8-9H2,(H2,17,20)(H2,18,19)/t13-/m0/s1. The van der Waals surface area contributed by atoms with Gasteiger partial charge < -0.3 is 16.2 Å². The number of hydrogen-bond acceptors (Lipinski definition) is 5. The lowest BCUT2D eigenvalue weighted by Gasteiger charge is -2.23. The van der Waals surface area contributed by atoms with Crippen LogP contribution in [-0.2, 0) is 11.2 Å². The molecule has 0 saturated carbocycles. The number of aromatic nitrogens is 2. The molecular formula is C16H20N4O. The summed E-state index contributed by atoms with van der Waals surface area (Å²) in [5, 5.41) is 0. The topological polar surface area (TPSA) is 87.0 Å². The molecule has 1 aliphatic rings. The van der Waals surface area contributed by atoms with Crippen molar-refractivity contribution in [3.8, 4) is 11.3 Å². The summed E-state index contributed by atoms with van der Waals surface area (Å²) >= 11 is 0. The van der Waals surface area contributed by atoms with Crippen LogP contribution < -0.4 is 11.5 Å². The molecule has 21 heavy (non-hydrogen) atoms. The molecule has 0 unspecified atom stereocenters. The van der Waals surface area contributed by atoms with Crippen molar-refractivity contribution in [2.45, 2.75) is 31.8 Å². The Morgan fingerprint density at radius 1 is 1.14 bits per heavy atom. The molecule has 3 heterocycles. The predicted molar refractivity (Wildman–Crippen MR) is 83.6 cm³/mol. The second-order valence-corrected chi connectivity index (χ2v) is 5.41. The number of rotatable bonds is 3.